The summed E-state index contributed by atoms with van der Waals surface area (Å²) < 4.78 is 5.57. The van der Waals surface area contributed by atoms with E-state index in [2.05, 4.69) is 10.6 Å². The molecule has 1 aliphatic heterocycles. The second kappa shape index (κ2) is 10.9. The molecule has 0 aromatic heterocycles. The number of carbonyl (C=O) groups excluding carboxylic acids is 2. The standard InChI is InChI=1S/C24H32N4O3/c1-4-31-21-11-6-5-10-20(21)25-22(29)16-27-12-14-28(15-13-27)17-23(30)26-24-18(2)8-7-9-19(24)3/h5-11H,4,12-17H2,1-3H3,(H,25,29)(H,26,30)/p+2. The van der Waals surface area contributed by atoms with Gasteiger partial charge in [-0.05, 0) is 44.0 Å². The highest BCUT2D eigenvalue weighted by Gasteiger charge is 2.26. The van der Waals surface area contributed by atoms with Gasteiger partial charge in [0.25, 0.3) is 11.8 Å². The van der Waals surface area contributed by atoms with Gasteiger partial charge in [-0.1, -0.05) is 30.3 Å². The topological polar surface area (TPSA) is 76.3 Å². The minimum atomic E-state index is -0.0154. The first-order chi connectivity index (χ1) is 15.0. The molecule has 7 heteroatoms. The average Bonchev–Trinajstić information content (AvgIpc) is 2.74. The fraction of sp³-hybridized carbons (Fsp3) is 0.417. The van der Waals surface area contributed by atoms with Crippen LogP contribution in [0, 0.1) is 13.8 Å². The molecule has 0 radical (unpaired) electrons. The van der Waals surface area contributed by atoms with Crippen molar-refractivity contribution in [3.63, 3.8) is 0 Å². The van der Waals surface area contributed by atoms with Crippen molar-refractivity contribution in [2.75, 3.05) is 56.5 Å². The Bertz CT molecular complexity index is 887. The van der Waals surface area contributed by atoms with E-state index < -0.39 is 0 Å². The van der Waals surface area contributed by atoms with E-state index >= 15 is 0 Å². The highest BCUT2D eigenvalue weighted by Crippen LogP contribution is 2.23. The van der Waals surface area contributed by atoms with Crippen LogP contribution >= 0.6 is 0 Å². The third-order valence-electron chi connectivity index (χ3n) is 5.69. The predicted octanol–water partition coefficient (Wildman–Crippen LogP) is 0.0627. The van der Waals surface area contributed by atoms with Crippen LogP contribution in [0.1, 0.15) is 18.1 Å². The number of carbonyl (C=O) groups is 2. The van der Waals surface area contributed by atoms with E-state index in [1.165, 1.54) is 9.80 Å². The van der Waals surface area contributed by atoms with Crippen LogP contribution in [0.2, 0.25) is 0 Å². The highest BCUT2D eigenvalue weighted by molar-refractivity contribution is 5.93. The molecule has 0 bridgehead atoms. The zero-order chi connectivity index (χ0) is 22.2. The lowest BCUT2D eigenvalue weighted by Crippen LogP contribution is -3.28. The zero-order valence-corrected chi connectivity index (χ0v) is 18.7. The largest absolute Gasteiger partial charge is 0.492 e. The SMILES string of the molecule is CCOc1ccccc1NC(=O)C[NH+]1CC[NH+](CC(=O)Nc2c(C)cccc2C)CC1. The van der Waals surface area contributed by atoms with E-state index in [4.69, 9.17) is 4.74 Å². The number of para-hydroxylation sites is 3. The summed E-state index contributed by atoms with van der Waals surface area (Å²) in [6.45, 7) is 10.9. The molecule has 1 fully saturated rings. The van der Waals surface area contributed by atoms with Crippen molar-refractivity contribution in [2.24, 2.45) is 0 Å². The molecule has 1 aliphatic rings. The number of hydrogen-bond acceptors (Lipinski definition) is 3. The molecule has 1 heterocycles. The molecule has 2 aromatic rings. The van der Waals surface area contributed by atoms with Gasteiger partial charge in [-0.2, -0.15) is 0 Å². The quantitative estimate of drug-likeness (QED) is 0.482. The number of benzene rings is 2. The summed E-state index contributed by atoms with van der Waals surface area (Å²) >= 11 is 0. The van der Waals surface area contributed by atoms with E-state index in [1.807, 2.05) is 63.2 Å². The number of nitrogens with one attached hydrogen (secondary N) is 4. The fourth-order valence-corrected chi connectivity index (χ4v) is 4.01. The molecule has 0 spiro atoms. The molecule has 2 aromatic carbocycles. The Morgan fingerprint density at radius 3 is 1.97 bits per heavy atom. The normalized spacial score (nSPS) is 18.3. The molecule has 0 aliphatic carbocycles. The van der Waals surface area contributed by atoms with E-state index in [1.54, 1.807) is 0 Å². The van der Waals surface area contributed by atoms with Crippen molar-refractivity contribution >= 4 is 23.2 Å². The lowest BCUT2D eigenvalue weighted by Gasteiger charge is -2.29. The zero-order valence-electron chi connectivity index (χ0n) is 18.7. The van der Waals surface area contributed by atoms with Gasteiger partial charge in [-0.25, -0.2) is 0 Å². The number of quaternary nitrogens is 2. The number of piperazine rings is 1. The van der Waals surface area contributed by atoms with Crippen molar-refractivity contribution in [1.82, 2.24) is 0 Å². The van der Waals surface area contributed by atoms with Crippen molar-refractivity contribution < 1.29 is 24.1 Å². The van der Waals surface area contributed by atoms with Crippen LogP contribution in [0.3, 0.4) is 0 Å². The van der Waals surface area contributed by atoms with Gasteiger partial charge in [0.05, 0.1) is 12.3 Å². The molecule has 0 saturated carbocycles. The van der Waals surface area contributed by atoms with Gasteiger partial charge in [0.15, 0.2) is 13.1 Å². The minimum Gasteiger partial charge on any atom is -0.492 e. The van der Waals surface area contributed by atoms with Gasteiger partial charge >= 0.3 is 0 Å². The Balaban J connectivity index is 1.43. The molecular formula is C24H34N4O3+2. The van der Waals surface area contributed by atoms with Crippen molar-refractivity contribution in [1.29, 1.82) is 0 Å². The van der Waals surface area contributed by atoms with Gasteiger partial charge in [-0.15, -0.1) is 0 Å². The molecule has 0 atom stereocenters. The summed E-state index contributed by atoms with van der Waals surface area (Å²) in [7, 11) is 0. The van der Waals surface area contributed by atoms with Crippen LogP contribution in [-0.2, 0) is 9.59 Å². The predicted molar refractivity (Wildman–Crippen MR) is 122 cm³/mol. The molecule has 31 heavy (non-hydrogen) atoms. The monoisotopic (exact) mass is 426 g/mol. The Morgan fingerprint density at radius 1 is 0.839 bits per heavy atom. The molecule has 0 unspecified atom stereocenters. The minimum absolute atomic E-state index is 0.0154. The molecule has 3 rings (SSSR count). The van der Waals surface area contributed by atoms with Crippen LogP contribution in [0.4, 0.5) is 11.4 Å². The van der Waals surface area contributed by atoms with Gasteiger partial charge in [-0.3, -0.25) is 9.59 Å². The van der Waals surface area contributed by atoms with Gasteiger partial charge in [0.1, 0.15) is 31.9 Å². The number of rotatable bonds is 8. The maximum Gasteiger partial charge on any atom is 0.279 e. The van der Waals surface area contributed by atoms with Crippen LogP contribution in [0.25, 0.3) is 0 Å². The number of hydrogen-bond donors (Lipinski definition) is 4. The van der Waals surface area contributed by atoms with E-state index in [0.717, 1.165) is 43.0 Å². The molecular weight excluding hydrogens is 392 g/mol. The summed E-state index contributed by atoms with van der Waals surface area (Å²) in [5.74, 6) is 0.719. The molecule has 7 nitrogen and oxygen atoms in total. The number of aryl methyl sites for hydroxylation is 2. The lowest BCUT2D eigenvalue weighted by atomic mass is 10.1. The summed E-state index contributed by atoms with van der Waals surface area (Å²) in [5.41, 5.74) is 3.78. The lowest BCUT2D eigenvalue weighted by molar-refractivity contribution is -1.00. The summed E-state index contributed by atoms with van der Waals surface area (Å²) in [5, 5.41) is 6.04. The third-order valence-corrected chi connectivity index (χ3v) is 5.69. The number of anilines is 2. The van der Waals surface area contributed by atoms with E-state index in [0.29, 0.717) is 31.1 Å². The van der Waals surface area contributed by atoms with E-state index in [-0.39, 0.29) is 11.8 Å². The Labute approximate surface area is 184 Å². The van der Waals surface area contributed by atoms with Crippen LogP contribution in [0.5, 0.6) is 5.75 Å². The third kappa shape index (κ3) is 6.54. The first kappa shape index (κ1) is 22.8. The molecule has 2 amide bonds. The van der Waals surface area contributed by atoms with Crippen LogP contribution < -0.4 is 25.2 Å². The maximum atomic E-state index is 12.5. The summed E-state index contributed by atoms with van der Waals surface area (Å²) in [6, 6.07) is 13.5. The van der Waals surface area contributed by atoms with Gasteiger partial charge in [0, 0.05) is 5.69 Å². The molecule has 4 N–H and O–H groups in total. The molecule has 166 valence electrons. The first-order valence-electron chi connectivity index (χ1n) is 11.0. The highest BCUT2D eigenvalue weighted by atomic mass is 16.5. The van der Waals surface area contributed by atoms with Crippen LogP contribution in [-0.4, -0.2) is 57.7 Å². The van der Waals surface area contributed by atoms with Gasteiger partial charge in [0.2, 0.25) is 0 Å². The average molecular weight is 427 g/mol. The summed E-state index contributed by atoms with van der Waals surface area (Å²) in [4.78, 5) is 27.5. The van der Waals surface area contributed by atoms with E-state index in [9.17, 15) is 9.59 Å². The Kier molecular flexibility index (Phi) is 8.03. The smallest absolute Gasteiger partial charge is 0.279 e. The molecule has 1 saturated heterocycles. The van der Waals surface area contributed by atoms with Crippen molar-refractivity contribution in [3.8, 4) is 5.75 Å². The number of amides is 2. The Morgan fingerprint density at radius 2 is 1.39 bits per heavy atom. The fourth-order valence-electron chi connectivity index (χ4n) is 4.01. The second-order valence-corrected chi connectivity index (χ2v) is 8.15. The summed E-state index contributed by atoms with van der Waals surface area (Å²) in [6.07, 6.45) is 0. The second-order valence-electron chi connectivity index (χ2n) is 8.15. The van der Waals surface area contributed by atoms with Crippen LogP contribution in [0.15, 0.2) is 42.5 Å². The Hall–Kier alpha value is -2.90. The van der Waals surface area contributed by atoms with Crippen molar-refractivity contribution in [3.05, 3.63) is 53.6 Å². The van der Waals surface area contributed by atoms with Crippen molar-refractivity contribution in [2.45, 2.75) is 20.8 Å². The first-order valence-corrected chi connectivity index (χ1v) is 11.0. The number of ether oxygens (including phenoxy) is 1. The van der Waals surface area contributed by atoms with Gasteiger partial charge < -0.3 is 25.2 Å². The maximum absolute atomic E-state index is 12.5.